The normalized spacial score (nSPS) is 24.3. The van der Waals surface area contributed by atoms with Crippen molar-refractivity contribution in [1.29, 1.82) is 0 Å². The van der Waals surface area contributed by atoms with Crippen LogP contribution in [0.1, 0.15) is 30.9 Å². The maximum atomic E-state index is 12.7. The van der Waals surface area contributed by atoms with Crippen molar-refractivity contribution in [2.24, 2.45) is 0 Å². The smallest absolute Gasteiger partial charge is 0.243 e. The van der Waals surface area contributed by atoms with Crippen LogP contribution in [0.4, 0.5) is 0 Å². The van der Waals surface area contributed by atoms with Crippen LogP contribution >= 0.6 is 0 Å². The molecule has 5 nitrogen and oxygen atoms in total. The molecule has 1 fully saturated rings. The second-order valence-corrected chi connectivity index (χ2v) is 6.66. The summed E-state index contributed by atoms with van der Waals surface area (Å²) < 4.78 is 0. The Morgan fingerprint density at radius 1 is 1.26 bits per heavy atom. The van der Waals surface area contributed by atoms with Gasteiger partial charge in [-0.15, -0.1) is 0 Å². The molecule has 2 amide bonds. The lowest BCUT2D eigenvalue weighted by Gasteiger charge is -2.35. The number of likely N-dealkylation sites (tertiary alicyclic amines) is 1. The van der Waals surface area contributed by atoms with Crippen molar-refractivity contribution in [2.45, 2.75) is 44.8 Å². The van der Waals surface area contributed by atoms with E-state index in [1.54, 1.807) is 11.8 Å². The van der Waals surface area contributed by atoms with E-state index in [1.807, 2.05) is 18.2 Å². The van der Waals surface area contributed by atoms with Gasteiger partial charge >= 0.3 is 0 Å². The third-order valence-corrected chi connectivity index (χ3v) is 5.14. The summed E-state index contributed by atoms with van der Waals surface area (Å²) in [6.45, 7) is 3.82. The average molecular weight is 315 g/mol. The first-order chi connectivity index (χ1) is 11.1. The van der Waals surface area contributed by atoms with E-state index >= 15 is 0 Å². The highest BCUT2D eigenvalue weighted by atomic mass is 16.2. The van der Waals surface area contributed by atoms with Gasteiger partial charge in [0.25, 0.3) is 0 Å². The minimum absolute atomic E-state index is 0.0324. The van der Waals surface area contributed by atoms with Gasteiger partial charge in [0.2, 0.25) is 11.8 Å². The molecular formula is C18H25N3O2. The Labute approximate surface area is 137 Å². The molecule has 0 radical (unpaired) electrons. The van der Waals surface area contributed by atoms with Crippen LogP contribution in [0.25, 0.3) is 0 Å². The number of carbonyl (C=O) groups is 2. The molecule has 23 heavy (non-hydrogen) atoms. The predicted octanol–water partition coefficient (Wildman–Crippen LogP) is 1.17. The van der Waals surface area contributed by atoms with Crippen molar-refractivity contribution in [3.63, 3.8) is 0 Å². The van der Waals surface area contributed by atoms with E-state index in [1.165, 1.54) is 12.0 Å². The Kier molecular flexibility index (Phi) is 4.66. The highest BCUT2D eigenvalue weighted by Gasteiger charge is 2.33. The van der Waals surface area contributed by atoms with Gasteiger partial charge in [-0.3, -0.25) is 9.59 Å². The number of nitrogens with zero attached hydrogens (tertiary/aromatic N) is 2. The van der Waals surface area contributed by atoms with Gasteiger partial charge in [-0.25, -0.2) is 0 Å². The van der Waals surface area contributed by atoms with Crippen LogP contribution in [-0.2, 0) is 22.6 Å². The maximum absolute atomic E-state index is 12.7. The fourth-order valence-corrected chi connectivity index (χ4v) is 3.66. The van der Waals surface area contributed by atoms with Gasteiger partial charge in [0, 0.05) is 32.5 Å². The number of benzene rings is 1. The molecule has 1 aromatic rings. The van der Waals surface area contributed by atoms with E-state index in [4.69, 9.17) is 0 Å². The molecular weight excluding hydrogens is 290 g/mol. The molecule has 1 aromatic carbocycles. The molecule has 0 saturated carbocycles. The second kappa shape index (κ2) is 6.71. The molecule has 0 aliphatic carbocycles. The number of rotatable bonds is 3. The molecule has 0 unspecified atom stereocenters. The average Bonchev–Trinajstić information content (AvgIpc) is 2.96. The molecule has 3 rings (SSSR count). The van der Waals surface area contributed by atoms with Gasteiger partial charge < -0.3 is 15.1 Å². The Morgan fingerprint density at radius 2 is 2.00 bits per heavy atom. The van der Waals surface area contributed by atoms with E-state index in [0.717, 1.165) is 18.5 Å². The third-order valence-electron chi connectivity index (χ3n) is 5.14. The van der Waals surface area contributed by atoms with Crippen LogP contribution in [0, 0.1) is 0 Å². The quantitative estimate of drug-likeness (QED) is 0.911. The fraction of sp³-hybridized carbons (Fsp3) is 0.556. The summed E-state index contributed by atoms with van der Waals surface area (Å²) in [5, 5.41) is 3.07. The lowest BCUT2D eigenvalue weighted by molar-refractivity contribution is -0.140. The molecule has 2 aliphatic heterocycles. The monoisotopic (exact) mass is 315 g/mol. The zero-order valence-electron chi connectivity index (χ0n) is 13.9. The van der Waals surface area contributed by atoms with Crippen LogP contribution < -0.4 is 5.32 Å². The minimum Gasteiger partial charge on any atom is -0.353 e. The van der Waals surface area contributed by atoms with Gasteiger partial charge in [0.1, 0.15) is 6.04 Å². The summed E-state index contributed by atoms with van der Waals surface area (Å²) in [5.74, 6) is -0.0763. The van der Waals surface area contributed by atoms with Gasteiger partial charge in [-0.1, -0.05) is 24.3 Å². The molecule has 124 valence electrons. The lowest BCUT2D eigenvalue weighted by Crippen LogP contribution is -2.53. The summed E-state index contributed by atoms with van der Waals surface area (Å²) in [6, 6.07) is 8.08. The highest BCUT2D eigenvalue weighted by molar-refractivity contribution is 5.87. The molecule has 5 heteroatoms. The van der Waals surface area contributed by atoms with Crippen molar-refractivity contribution < 1.29 is 9.59 Å². The molecule has 2 heterocycles. The van der Waals surface area contributed by atoms with Gasteiger partial charge in [-0.2, -0.15) is 0 Å². The first-order valence-electron chi connectivity index (χ1n) is 8.38. The van der Waals surface area contributed by atoms with Crippen LogP contribution in [0.15, 0.2) is 24.3 Å². The maximum Gasteiger partial charge on any atom is 0.243 e. The Balaban J connectivity index is 1.69. The van der Waals surface area contributed by atoms with Crippen LogP contribution in [0.5, 0.6) is 0 Å². The molecule has 0 bridgehead atoms. The van der Waals surface area contributed by atoms with Gasteiger partial charge in [0.05, 0.1) is 0 Å². The van der Waals surface area contributed by atoms with Gasteiger partial charge in [-0.05, 0) is 37.6 Å². The van der Waals surface area contributed by atoms with E-state index in [9.17, 15) is 9.59 Å². The standard InChI is InChI=1S/C18H25N3O2/c1-13(22)21-12-15-7-4-3-6-14(15)10-17(21)18(23)19-11-16-8-5-9-20(16)2/h3-4,6-7,16-17H,5,8-12H2,1-2H3,(H,19,23)/t16-,17+/m1/s1. The number of amides is 2. The Hall–Kier alpha value is -1.88. The largest absolute Gasteiger partial charge is 0.353 e. The second-order valence-electron chi connectivity index (χ2n) is 6.66. The van der Waals surface area contributed by atoms with Crippen molar-refractivity contribution in [1.82, 2.24) is 15.1 Å². The first-order valence-corrected chi connectivity index (χ1v) is 8.38. The number of hydrogen-bond acceptors (Lipinski definition) is 3. The highest BCUT2D eigenvalue weighted by Crippen LogP contribution is 2.23. The summed E-state index contributed by atoms with van der Waals surface area (Å²) in [7, 11) is 2.10. The number of carbonyl (C=O) groups excluding carboxylic acids is 2. The molecule has 0 aromatic heterocycles. The zero-order chi connectivity index (χ0) is 16.4. The molecule has 1 N–H and O–H groups in total. The van der Waals surface area contributed by atoms with E-state index < -0.39 is 6.04 Å². The summed E-state index contributed by atoms with van der Waals surface area (Å²) in [6.07, 6.45) is 2.91. The summed E-state index contributed by atoms with van der Waals surface area (Å²) in [5.41, 5.74) is 2.31. The predicted molar refractivity (Wildman–Crippen MR) is 88.8 cm³/mol. The van der Waals surface area contributed by atoms with Crippen molar-refractivity contribution in [2.75, 3.05) is 20.1 Å². The fourth-order valence-electron chi connectivity index (χ4n) is 3.66. The van der Waals surface area contributed by atoms with E-state index in [-0.39, 0.29) is 11.8 Å². The van der Waals surface area contributed by atoms with E-state index in [0.29, 0.717) is 25.6 Å². The Morgan fingerprint density at radius 3 is 2.65 bits per heavy atom. The van der Waals surface area contributed by atoms with Crippen LogP contribution in [-0.4, -0.2) is 53.8 Å². The van der Waals surface area contributed by atoms with Crippen LogP contribution in [0.2, 0.25) is 0 Å². The molecule has 1 saturated heterocycles. The zero-order valence-corrected chi connectivity index (χ0v) is 13.9. The molecule has 2 atom stereocenters. The first kappa shape index (κ1) is 16.0. The topological polar surface area (TPSA) is 52.7 Å². The number of hydrogen-bond donors (Lipinski definition) is 1. The molecule has 2 aliphatic rings. The number of fused-ring (bicyclic) bond motifs is 1. The number of nitrogens with one attached hydrogen (secondary N) is 1. The van der Waals surface area contributed by atoms with Crippen molar-refractivity contribution in [3.05, 3.63) is 35.4 Å². The third kappa shape index (κ3) is 3.39. The van der Waals surface area contributed by atoms with E-state index in [2.05, 4.69) is 23.3 Å². The Bertz CT molecular complexity index is 602. The van der Waals surface area contributed by atoms with Crippen LogP contribution in [0.3, 0.4) is 0 Å². The van der Waals surface area contributed by atoms with Gasteiger partial charge in [0.15, 0.2) is 0 Å². The molecule has 0 spiro atoms. The van der Waals surface area contributed by atoms with Crippen molar-refractivity contribution >= 4 is 11.8 Å². The minimum atomic E-state index is -0.394. The number of likely N-dealkylation sites (N-methyl/N-ethyl adjacent to an activating group) is 1. The SMILES string of the molecule is CC(=O)N1Cc2ccccc2C[C@H]1C(=O)NC[C@H]1CCCN1C. The summed E-state index contributed by atoms with van der Waals surface area (Å²) >= 11 is 0. The lowest BCUT2D eigenvalue weighted by atomic mass is 9.93. The van der Waals surface area contributed by atoms with Crippen molar-refractivity contribution in [3.8, 4) is 0 Å². The summed E-state index contributed by atoms with van der Waals surface area (Å²) in [4.78, 5) is 28.6.